The van der Waals surface area contributed by atoms with Gasteiger partial charge in [-0.1, -0.05) is 4.86 Å². The fourth-order valence-corrected chi connectivity index (χ4v) is 1.60. The summed E-state index contributed by atoms with van der Waals surface area (Å²) in [6.07, 6.45) is 0. The Hall–Kier alpha value is 0.160. The van der Waals surface area contributed by atoms with Crippen molar-refractivity contribution in [3.8, 4) is 0 Å². The number of hydrogen-bond donors (Lipinski definition) is 0. The van der Waals surface area contributed by atoms with Crippen molar-refractivity contribution in [1.82, 2.24) is 4.86 Å². The summed E-state index contributed by atoms with van der Waals surface area (Å²) < 4.78 is 20.1. The van der Waals surface area contributed by atoms with Crippen molar-refractivity contribution in [3.63, 3.8) is 0 Å². The third-order valence-electron chi connectivity index (χ3n) is 0.252. The quantitative estimate of drug-likeness (QED) is 0.540. The van der Waals surface area contributed by atoms with Gasteiger partial charge in [0.05, 0.1) is 0 Å². The van der Waals surface area contributed by atoms with Gasteiger partial charge in [-0.05, 0) is 0 Å². The smallest absolute Gasteiger partial charge is 0.171 e. The van der Waals surface area contributed by atoms with Crippen LogP contribution in [0.2, 0.25) is 0 Å². The van der Waals surface area contributed by atoms with Crippen LogP contribution in [0.15, 0.2) is 0 Å². The van der Waals surface area contributed by atoms with Gasteiger partial charge in [-0.25, -0.2) is 0 Å². The molecule has 0 spiro atoms. The number of nitrogens with zero attached hydrogens (tertiary/aromatic N) is 1. The lowest BCUT2D eigenvalue weighted by molar-refractivity contribution is 0.579. The molecule has 2 unspecified atom stereocenters. The summed E-state index contributed by atoms with van der Waals surface area (Å²) in [5.41, 5.74) is 0. The van der Waals surface area contributed by atoms with E-state index in [1.807, 2.05) is 0 Å². The van der Waals surface area contributed by atoms with E-state index >= 15 is 0 Å². The first kappa shape index (κ1) is 7.16. The topological polar surface area (TPSA) is 48.2 Å². The Labute approximate surface area is 44.2 Å². The van der Waals surface area contributed by atoms with Gasteiger partial charge in [0.2, 0.25) is 0 Å². The molecule has 0 saturated carbocycles. The highest BCUT2D eigenvalue weighted by Crippen LogP contribution is 2.23. The SMILES string of the molecule is C[P](=O)[N][P](C)=O. The maximum atomic E-state index is 10.1. The normalized spacial score (nSPS) is 13.4. The lowest BCUT2D eigenvalue weighted by Gasteiger charge is -1.83. The van der Waals surface area contributed by atoms with E-state index in [0.717, 1.165) is 0 Å². The molecule has 0 heterocycles. The van der Waals surface area contributed by atoms with Crippen LogP contribution in [0.5, 0.6) is 0 Å². The van der Waals surface area contributed by atoms with E-state index in [9.17, 15) is 9.13 Å². The summed E-state index contributed by atoms with van der Waals surface area (Å²) in [5.74, 6) is 0. The van der Waals surface area contributed by atoms with E-state index in [1.54, 1.807) is 0 Å². The van der Waals surface area contributed by atoms with Crippen molar-refractivity contribution in [2.75, 3.05) is 13.3 Å². The van der Waals surface area contributed by atoms with Crippen LogP contribution >= 0.6 is 15.9 Å². The average molecular weight is 138 g/mol. The van der Waals surface area contributed by atoms with E-state index in [2.05, 4.69) is 4.86 Å². The minimum atomic E-state index is -1.55. The standard InChI is InChI=1S/C2H6NO2P2/c1-6(4)3-7(2)5/h1-2H3. The third kappa shape index (κ3) is 6.16. The fraction of sp³-hybridized carbons (Fsp3) is 1.00. The molecule has 0 fully saturated rings. The Balaban J connectivity index is 3.32. The molecule has 0 aromatic rings. The van der Waals surface area contributed by atoms with Gasteiger partial charge in [-0.3, -0.25) is 9.13 Å². The van der Waals surface area contributed by atoms with Crippen molar-refractivity contribution < 1.29 is 9.13 Å². The lowest BCUT2D eigenvalue weighted by atomic mass is 12.0. The van der Waals surface area contributed by atoms with Crippen LogP contribution in [0, 0.1) is 0 Å². The van der Waals surface area contributed by atoms with Crippen LogP contribution in [0.25, 0.3) is 0 Å². The van der Waals surface area contributed by atoms with Crippen LogP contribution < -0.4 is 4.86 Å². The molecule has 0 aliphatic heterocycles. The Bertz CT molecular complexity index is 89.9. The molecule has 0 bridgehead atoms. The van der Waals surface area contributed by atoms with E-state index < -0.39 is 15.9 Å². The monoisotopic (exact) mass is 138 g/mol. The highest BCUT2D eigenvalue weighted by molar-refractivity contribution is 7.57. The van der Waals surface area contributed by atoms with E-state index in [4.69, 9.17) is 0 Å². The zero-order valence-corrected chi connectivity index (χ0v) is 5.95. The molecule has 41 valence electrons. The van der Waals surface area contributed by atoms with Crippen molar-refractivity contribution in [2.45, 2.75) is 0 Å². The predicted octanol–water partition coefficient (Wildman–Crippen LogP) is 1.34. The maximum absolute atomic E-state index is 10.1. The van der Waals surface area contributed by atoms with Crippen molar-refractivity contribution in [1.29, 1.82) is 0 Å². The molecule has 0 aliphatic carbocycles. The molecule has 0 amide bonds. The largest absolute Gasteiger partial charge is 0.268 e. The van der Waals surface area contributed by atoms with E-state index in [-0.39, 0.29) is 0 Å². The number of hydrogen-bond acceptors (Lipinski definition) is 2. The van der Waals surface area contributed by atoms with Crippen LogP contribution in [0.1, 0.15) is 0 Å². The van der Waals surface area contributed by atoms with Gasteiger partial charge in [0.25, 0.3) is 0 Å². The second-order valence-electron chi connectivity index (χ2n) is 1.02. The first-order valence-corrected chi connectivity index (χ1v) is 4.98. The van der Waals surface area contributed by atoms with Crippen LogP contribution in [-0.4, -0.2) is 13.3 Å². The summed E-state index contributed by atoms with van der Waals surface area (Å²) >= 11 is 0. The van der Waals surface area contributed by atoms with Crippen LogP contribution in [-0.2, 0) is 9.13 Å². The molecule has 0 aromatic heterocycles. The zero-order chi connectivity index (χ0) is 5.86. The Morgan fingerprint density at radius 2 is 1.43 bits per heavy atom. The zero-order valence-electron chi connectivity index (χ0n) is 4.16. The first-order chi connectivity index (χ1) is 3.13. The molecule has 3 radical (unpaired) electrons. The second kappa shape index (κ2) is 3.20. The van der Waals surface area contributed by atoms with Gasteiger partial charge in [-0.15, -0.1) is 0 Å². The molecule has 0 aromatic carbocycles. The van der Waals surface area contributed by atoms with Gasteiger partial charge in [-0.2, -0.15) is 0 Å². The summed E-state index contributed by atoms with van der Waals surface area (Å²) in [5, 5.41) is 0. The van der Waals surface area contributed by atoms with Gasteiger partial charge in [0.15, 0.2) is 15.9 Å². The average Bonchev–Trinajstić information content (AvgIpc) is 1.27. The molecule has 5 heteroatoms. The van der Waals surface area contributed by atoms with E-state index in [1.165, 1.54) is 13.3 Å². The summed E-state index contributed by atoms with van der Waals surface area (Å²) in [6, 6.07) is 0. The van der Waals surface area contributed by atoms with Crippen molar-refractivity contribution in [2.24, 2.45) is 0 Å². The summed E-state index contributed by atoms with van der Waals surface area (Å²) in [4.78, 5) is 3.30. The maximum Gasteiger partial charge on any atom is 0.171 e. The highest BCUT2D eigenvalue weighted by Gasteiger charge is 1.93. The fourth-order valence-electron chi connectivity index (χ4n) is 0.177. The third-order valence-corrected chi connectivity index (χ3v) is 2.27. The highest BCUT2D eigenvalue weighted by atomic mass is 31.2. The molecule has 7 heavy (non-hydrogen) atoms. The molecule has 2 atom stereocenters. The lowest BCUT2D eigenvalue weighted by Crippen LogP contribution is -1.72. The van der Waals surface area contributed by atoms with Crippen molar-refractivity contribution >= 4 is 15.9 Å². The first-order valence-electron chi connectivity index (χ1n) is 1.66. The molecule has 0 saturated heterocycles. The van der Waals surface area contributed by atoms with Gasteiger partial charge in [0.1, 0.15) is 0 Å². The Morgan fingerprint density at radius 1 is 1.14 bits per heavy atom. The van der Waals surface area contributed by atoms with Crippen LogP contribution in [0.4, 0.5) is 0 Å². The van der Waals surface area contributed by atoms with Gasteiger partial charge >= 0.3 is 0 Å². The summed E-state index contributed by atoms with van der Waals surface area (Å²) in [7, 11) is -3.10. The van der Waals surface area contributed by atoms with Gasteiger partial charge in [0, 0.05) is 13.3 Å². The van der Waals surface area contributed by atoms with Crippen LogP contribution in [0.3, 0.4) is 0 Å². The van der Waals surface area contributed by atoms with Gasteiger partial charge < -0.3 is 0 Å². The molecule has 3 nitrogen and oxygen atoms in total. The van der Waals surface area contributed by atoms with Crippen molar-refractivity contribution in [3.05, 3.63) is 0 Å². The second-order valence-corrected chi connectivity index (χ2v) is 3.59. The molecule has 0 N–H and O–H groups in total. The molecule has 0 aliphatic rings. The molecular weight excluding hydrogens is 132 g/mol. The Kier molecular flexibility index (Phi) is 3.27. The molecule has 0 rings (SSSR count). The minimum Gasteiger partial charge on any atom is -0.268 e. The minimum absolute atomic E-state index is 1.42. The summed E-state index contributed by atoms with van der Waals surface area (Å²) in [6.45, 7) is 2.85. The molecular formula is C2H6NO2P2. The Morgan fingerprint density at radius 3 is 1.43 bits per heavy atom. The van der Waals surface area contributed by atoms with E-state index in [0.29, 0.717) is 0 Å². The predicted molar refractivity (Wildman–Crippen MR) is 29.2 cm³/mol. The number of rotatable bonds is 2.